The molecule has 1 aliphatic carbocycles. The highest BCUT2D eigenvalue weighted by atomic mass is 79.9. The van der Waals surface area contributed by atoms with Crippen molar-refractivity contribution in [1.29, 1.82) is 0 Å². The van der Waals surface area contributed by atoms with Gasteiger partial charge in [-0.15, -0.1) is 0 Å². The summed E-state index contributed by atoms with van der Waals surface area (Å²) in [7, 11) is -3.05. The first-order valence-electron chi connectivity index (χ1n) is 7.23. The van der Waals surface area contributed by atoms with Crippen LogP contribution in [-0.2, 0) is 14.6 Å². The fraction of sp³-hybridized carbons (Fsp3) is 0.533. The highest BCUT2D eigenvalue weighted by Gasteiger charge is 2.34. The first kappa shape index (κ1) is 17.4. The summed E-state index contributed by atoms with van der Waals surface area (Å²) in [6.45, 7) is 2.09. The average molecular weight is 389 g/mol. The third-order valence-corrected chi connectivity index (χ3v) is 5.20. The number of nitrogens with one attached hydrogen (secondary N) is 1. The Balaban J connectivity index is 1.95. The monoisotopic (exact) mass is 388 g/mol. The van der Waals surface area contributed by atoms with Crippen LogP contribution in [0.2, 0.25) is 0 Å². The molecular weight excluding hydrogens is 368 g/mol. The minimum atomic E-state index is -3.05. The summed E-state index contributed by atoms with van der Waals surface area (Å²) in [4.78, 5) is 14.2. The van der Waals surface area contributed by atoms with Gasteiger partial charge in [-0.05, 0) is 44.0 Å². The van der Waals surface area contributed by atoms with Gasteiger partial charge >= 0.3 is 0 Å². The van der Waals surface area contributed by atoms with E-state index in [1.807, 2.05) is 36.1 Å². The molecule has 0 radical (unpaired) electrons. The Morgan fingerprint density at radius 2 is 1.95 bits per heavy atom. The van der Waals surface area contributed by atoms with Crippen LogP contribution in [0.25, 0.3) is 0 Å². The lowest BCUT2D eigenvalue weighted by Gasteiger charge is -2.28. The second kappa shape index (κ2) is 7.10. The molecule has 1 atom stereocenters. The SMILES string of the molecule is CC(CS(C)(=O)=O)N(CC(=O)Nc1ccc(Br)cc1)C1CC1. The van der Waals surface area contributed by atoms with E-state index in [4.69, 9.17) is 0 Å². The summed E-state index contributed by atoms with van der Waals surface area (Å²) in [6, 6.07) is 7.54. The van der Waals surface area contributed by atoms with Gasteiger partial charge in [-0.2, -0.15) is 0 Å². The number of anilines is 1. The Kier molecular flexibility index (Phi) is 5.63. The molecule has 1 amide bonds. The fourth-order valence-corrected chi connectivity index (χ4v) is 3.82. The molecule has 5 nitrogen and oxygen atoms in total. The normalized spacial score (nSPS) is 16.5. The van der Waals surface area contributed by atoms with Gasteiger partial charge in [-0.1, -0.05) is 15.9 Å². The molecule has 1 fully saturated rings. The van der Waals surface area contributed by atoms with Crippen molar-refractivity contribution in [2.45, 2.75) is 31.8 Å². The lowest BCUT2D eigenvalue weighted by Crippen LogP contribution is -2.44. The Labute approximate surface area is 140 Å². The molecule has 0 heterocycles. The van der Waals surface area contributed by atoms with Gasteiger partial charge in [0.25, 0.3) is 0 Å². The Hall–Kier alpha value is -0.920. The minimum Gasteiger partial charge on any atom is -0.325 e. The molecule has 1 unspecified atom stereocenters. The Morgan fingerprint density at radius 3 is 2.45 bits per heavy atom. The van der Waals surface area contributed by atoms with Crippen LogP contribution in [0.4, 0.5) is 5.69 Å². The quantitative estimate of drug-likeness (QED) is 0.777. The first-order valence-corrected chi connectivity index (χ1v) is 10.1. The maximum atomic E-state index is 12.2. The number of halogens is 1. The van der Waals surface area contributed by atoms with Crippen LogP contribution in [0.3, 0.4) is 0 Å². The second-order valence-corrected chi connectivity index (χ2v) is 9.00. The van der Waals surface area contributed by atoms with Crippen LogP contribution in [-0.4, -0.2) is 49.9 Å². The molecule has 0 bridgehead atoms. The van der Waals surface area contributed by atoms with Crippen LogP contribution in [0.5, 0.6) is 0 Å². The van der Waals surface area contributed by atoms with Crippen molar-refractivity contribution < 1.29 is 13.2 Å². The minimum absolute atomic E-state index is 0.0784. The van der Waals surface area contributed by atoms with Gasteiger partial charge in [0.2, 0.25) is 5.91 Å². The van der Waals surface area contributed by atoms with Crippen LogP contribution in [0.15, 0.2) is 28.7 Å². The smallest absolute Gasteiger partial charge is 0.238 e. The van der Waals surface area contributed by atoms with E-state index in [1.165, 1.54) is 6.26 Å². The van der Waals surface area contributed by atoms with Crippen molar-refractivity contribution in [3.05, 3.63) is 28.7 Å². The molecule has 0 aromatic heterocycles. The number of amides is 1. The van der Waals surface area contributed by atoms with Crippen molar-refractivity contribution in [2.75, 3.05) is 23.9 Å². The van der Waals surface area contributed by atoms with Crippen molar-refractivity contribution >= 4 is 37.4 Å². The van der Waals surface area contributed by atoms with Crippen LogP contribution in [0, 0.1) is 0 Å². The van der Waals surface area contributed by atoms with E-state index in [0.717, 1.165) is 23.0 Å². The van der Waals surface area contributed by atoms with Gasteiger partial charge in [0.05, 0.1) is 12.3 Å². The molecule has 1 aromatic carbocycles. The first-order chi connectivity index (χ1) is 10.2. The van der Waals surface area contributed by atoms with E-state index < -0.39 is 9.84 Å². The summed E-state index contributed by atoms with van der Waals surface area (Å²) < 4.78 is 23.9. The predicted molar refractivity (Wildman–Crippen MR) is 91.7 cm³/mol. The van der Waals surface area contributed by atoms with Crippen LogP contribution < -0.4 is 5.32 Å². The number of hydrogen-bond donors (Lipinski definition) is 1. The summed E-state index contributed by atoms with van der Waals surface area (Å²) >= 11 is 3.35. The number of rotatable bonds is 7. The van der Waals surface area contributed by atoms with Crippen molar-refractivity contribution in [3.63, 3.8) is 0 Å². The molecule has 2 rings (SSSR count). The van der Waals surface area contributed by atoms with E-state index in [9.17, 15) is 13.2 Å². The number of nitrogens with zero attached hydrogens (tertiary/aromatic N) is 1. The van der Waals surface area contributed by atoms with E-state index in [1.54, 1.807) is 0 Å². The fourth-order valence-electron chi connectivity index (χ4n) is 2.48. The van der Waals surface area contributed by atoms with Gasteiger partial charge in [-0.3, -0.25) is 9.69 Å². The van der Waals surface area contributed by atoms with Gasteiger partial charge in [-0.25, -0.2) is 8.42 Å². The lowest BCUT2D eigenvalue weighted by molar-refractivity contribution is -0.117. The Morgan fingerprint density at radius 1 is 1.36 bits per heavy atom. The number of hydrogen-bond acceptors (Lipinski definition) is 4. The third kappa shape index (κ3) is 5.70. The molecule has 1 aromatic rings. The zero-order valence-corrected chi connectivity index (χ0v) is 15.2. The molecule has 22 heavy (non-hydrogen) atoms. The van der Waals surface area contributed by atoms with Crippen molar-refractivity contribution in [2.24, 2.45) is 0 Å². The number of sulfone groups is 1. The summed E-state index contributed by atoms with van der Waals surface area (Å²) in [6.07, 6.45) is 3.29. The lowest BCUT2D eigenvalue weighted by atomic mass is 10.3. The second-order valence-electron chi connectivity index (χ2n) is 5.90. The molecule has 1 aliphatic rings. The highest BCUT2D eigenvalue weighted by molar-refractivity contribution is 9.10. The molecule has 1 saturated carbocycles. The van der Waals surface area contributed by atoms with Gasteiger partial charge in [0.15, 0.2) is 0 Å². The molecule has 1 N–H and O–H groups in total. The van der Waals surface area contributed by atoms with Gasteiger partial charge in [0.1, 0.15) is 9.84 Å². The number of benzene rings is 1. The topological polar surface area (TPSA) is 66.5 Å². The van der Waals surface area contributed by atoms with E-state index >= 15 is 0 Å². The predicted octanol–water partition coefficient (Wildman–Crippen LogP) is 2.29. The van der Waals surface area contributed by atoms with E-state index in [-0.39, 0.29) is 24.2 Å². The maximum absolute atomic E-state index is 12.2. The number of carbonyl (C=O) groups is 1. The van der Waals surface area contributed by atoms with Gasteiger partial charge in [0, 0.05) is 28.5 Å². The molecular formula is C15H21BrN2O3S. The number of carbonyl (C=O) groups excluding carboxylic acids is 1. The third-order valence-electron chi connectivity index (χ3n) is 3.58. The standard InChI is InChI=1S/C15H21BrN2O3S/c1-11(10-22(2,20)21)18(14-7-8-14)9-15(19)17-13-5-3-12(16)4-6-13/h3-6,11,14H,7-10H2,1-2H3,(H,17,19). The molecule has 7 heteroatoms. The summed E-state index contributed by atoms with van der Waals surface area (Å²) in [5.74, 6) is -0.0377. The van der Waals surface area contributed by atoms with E-state index in [2.05, 4.69) is 21.2 Å². The maximum Gasteiger partial charge on any atom is 0.238 e. The van der Waals surface area contributed by atoms with Crippen molar-refractivity contribution in [1.82, 2.24) is 4.90 Å². The van der Waals surface area contributed by atoms with Gasteiger partial charge < -0.3 is 5.32 Å². The van der Waals surface area contributed by atoms with Crippen LogP contribution in [0.1, 0.15) is 19.8 Å². The molecule has 0 aliphatic heterocycles. The van der Waals surface area contributed by atoms with Crippen LogP contribution >= 0.6 is 15.9 Å². The molecule has 0 spiro atoms. The molecule has 122 valence electrons. The Bertz CT molecular complexity index is 627. The summed E-state index contributed by atoms with van der Waals surface area (Å²) in [5, 5.41) is 2.85. The van der Waals surface area contributed by atoms with E-state index in [0.29, 0.717) is 6.04 Å². The highest BCUT2D eigenvalue weighted by Crippen LogP contribution is 2.28. The zero-order chi connectivity index (χ0) is 16.3. The summed E-state index contributed by atoms with van der Waals surface area (Å²) in [5.41, 5.74) is 0.736. The largest absolute Gasteiger partial charge is 0.325 e. The van der Waals surface area contributed by atoms with Crippen molar-refractivity contribution in [3.8, 4) is 0 Å². The zero-order valence-electron chi connectivity index (χ0n) is 12.8. The average Bonchev–Trinajstić information content (AvgIpc) is 3.21. The molecule has 0 saturated heterocycles.